The van der Waals surface area contributed by atoms with Gasteiger partial charge in [0.1, 0.15) is 5.75 Å². The number of phenolic OH excluding ortho intramolecular Hbond substituents is 1. The first kappa shape index (κ1) is 13.0. The maximum atomic E-state index is 9.94. The van der Waals surface area contributed by atoms with Crippen LogP contribution < -0.4 is 9.47 Å². The first-order chi connectivity index (χ1) is 8.61. The third kappa shape index (κ3) is 2.68. The van der Waals surface area contributed by atoms with Crippen LogP contribution in [0, 0.1) is 0 Å². The maximum absolute atomic E-state index is 9.94. The van der Waals surface area contributed by atoms with E-state index < -0.39 is 0 Å². The van der Waals surface area contributed by atoms with Crippen LogP contribution in [-0.2, 0) is 11.3 Å². The van der Waals surface area contributed by atoms with E-state index in [0.717, 1.165) is 5.56 Å². The molecule has 0 spiro atoms. The van der Waals surface area contributed by atoms with Gasteiger partial charge in [-0.1, -0.05) is 0 Å². The number of hydrogen-bond donors (Lipinski definition) is 1. The normalized spacial score (nSPS) is 15.1. The molecule has 1 aromatic rings. The van der Waals surface area contributed by atoms with Crippen molar-refractivity contribution in [2.24, 2.45) is 0 Å². The third-order valence-corrected chi connectivity index (χ3v) is 3.15. The highest BCUT2D eigenvalue weighted by Gasteiger charge is 2.18. The second-order valence-corrected chi connectivity index (χ2v) is 4.55. The summed E-state index contributed by atoms with van der Waals surface area (Å²) in [5, 5.41) is 9.94. The van der Waals surface area contributed by atoms with E-state index in [0.29, 0.717) is 24.7 Å². The van der Waals surface area contributed by atoms with Crippen LogP contribution in [0.3, 0.4) is 0 Å². The monoisotopic (exact) mass is 253 g/mol. The molecule has 1 atom stereocenters. The summed E-state index contributed by atoms with van der Waals surface area (Å²) in [5.41, 5.74) is 0.824. The number of benzene rings is 1. The molecule has 1 unspecified atom stereocenters. The van der Waals surface area contributed by atoms with Gasteiger partial charge in [0.2, 0.25) is 6.79 Å². The molecule has 2 rings (SSSR count). The second kappa shape index (κ2) is 5.46. The van der Waals surface area contributed by atoms with Crippen LogP contribution in [0.25, 0.3) is 0 Å². The zero-order chi connectivity index (χ0) is 13.1. The molecule has 5 heteroatoms. The molecule has 0 aromatic heterocycles. The van der Waals surface area contributed by atoms with Crippen molar-refractivity contribution in [2.75, 3.05) is 27.6 Å². The molecule has 100 valence electrons. The summed E-state index contributed by atoms with van der Waals surface area (Å²) >= 11 is 0. The standard InChI is InChI=1S/C13H19NO4/c1-9(7-16-3)14(2)6-10-4-12-13(5-11(10)15)18-8-17-12/h4-5,9,15H,6-8H2,1-3H3. The zero-order valence-corrected chi connectivity index (χ0v) is 11.0. The van der Waals surface area contributed by atoms with Crippen LogP contribution in [0.5, 0.6) is 17.2 Å². The number of hydrogen-bond acceptors (Lipinski definition) is 5. The molecule has 0 saturated heterocycles. The molecule has 1 aliphatic heterocycles. The molecule has 0 fully saturated rings. The summed E-state index contributed by atoms with van der Waals surface area (Å²) in [6.45, 7) is 3.58. The summed E-state index contributed by atoms with van der Waals surface area (Å²) in [4.78, 5) is 2.11. The number of ether oxygens (including phenoxy) is 3. The Morgan fingerprint density at radius 2 is 2.06 bits per heavy atom. The van der Waals surface area contributed by atoms with Gasteiger partial charge < -0.3 is 19.3 Å². The molecule has 1 N–H and O–H groups in total. The highest BCUT2D eigenvalue weighted by molar-refractivity contribution is 5.51. The summed E-state index contributed by atoms with van der Waals surface area (Å²) < 4.78 is 15.6. The molecule has 0 aliphatic carbocycles. The van der Waals surface area contributed by atoms with Crippen LogP contribution in [0.4, 0.5) is 0 Å². The number of phenols is 1. The first-order valence-corrected chi connectivity index (χ1v) is 5.92. The minimum atomic E-state index is 0.216. The molecular formula is C13H19NO4. The number of aromatic hydroxyl groups is 1. The molecule has 1 aliphatic rings. The third-order valence-electron chi connectivity index (χ3n) is 3.15. The molecule has 0 amide bonds. The minimum absolute atomic E-state index is 0.216. The Morgan fingerprint density at radius 1 is 1.39 bits per heavy atom. The van der Waals surface area contributed by atoms with E-state index in [9.17, 15) is 5.11 Å². The summed E-state index contributed by atoms with van der Waals surface area (Å²) in [6, 6.07) is 3.71. The Morgan fingerprint density at radius 3 is 2.72 bits per heavy atom. The van der Waals surface area contributed by atoms with Gasteiger partial charge in [0.25, 0.3) is 0 Å². The lowest BCUT2D eigenvalue weighted by Crippen LogP contribution is -2.32. The van der Waals surface area contributed by atoms with Crippen molar-refractivity contribution < 1.29 is 19.3 Å². The van der Waals surface area contributed by atoms with E-state index in [2.05, 4.69) is 11.8 Å². The van der Waals surface area contributed by atoms with Gasteiger partial charge in [0, 0.05) is 31.3 Å². The smallest absolute Gasteiger partial charge is 0.231 e. The fourth-order valence-corrected chi connectivity index (χ4v) is 1.89. The van der Waals surface area contributed by atoms with Crippen molar-refractivity contribution in [1.82, 2.24) is 4.90 Å². The molecule has 0 radical (unpaired) electrons. The lowest BCUT2D eigenvalue weighted by molar-refractivity contribution is 0.111. The Hall–Kier alpha value is -1.46. The van der Waals surface area contributed by atoms with Gasteiger partial charge in [-0.2, -0.15) is 0 Å². The van der Waals surface area contributed by atoms with E-state index in [1.54, 1.807) is 13.2 Å². The van der Waals surface area contributed by atoms with E-state index in [1.165, 1.54) is 0 Å². The average Bonchev–Trinajstić information content (AvgIpc) is 2.76. The fourth-order valence-electron chi connectivity index (χ4n) is 1.89. The van der Waals surface area contributed by atoms with Gasteiger partial charge in [-0.15, -0.1) is 0 Å². The molecule has 0 saturated carbocycles. The molecule has 1 aromatic carbocycles. The lowest BCUT2D eigenvalue weighted by atomic mass is 10.1. The quantitative estimate of drug-likeness (QED) is 0.863. The van der Waals surface area contributed by atoms with Crippen LogP contribution in [0.15, 0.2) is 12.1 Å². The number of methoxy groups -OCH3 is 1. The van der Waals surface area contributed by atoms with Crippen molar-refractivity contribution in [2.45, 2.75) is 19.5 Å². The van der Waals surface area contributed by atoms with Crippen molar-refractivity contribution in [3.05, 3.63) is 17.7 Å². The highest BCUT2D eigenvalue weighted by Crippen LogP contribution is 2.37. The van der Waals surface area contributed by atoms with Crippen LogP contribution in [0.1, 0.15) is 12.5 Å². The highest BCUT2D eigenvalue weighted by atomic mass is 16.7. The Labute approximate surface area is 107 Å². The number of likely N-dealkylation sites (N-methyl/N-ethyl adjacent to an activating group) is 1. The molecule has 18 heavy (non-hydrogen) atoms. The maximum Gasteiger partial charge on any atom is 0.231 e. The van der Waals surface area contributed by atoms with Gasteiger partial charge in [-0.05, 0) is 20.0 Å². The second-order valence-electron chi connectivity index (χ2n) is 4.55. The van der Waals surface area contributed by atoms with Gasteiger partial charge in [-0.3, -0.25) is 4.90 Å². The van der Waals surface area contributed by atoms with Crippen LogP contribution >= 0.6 is 0 Å². The minimum Gasteiger partial charge on any atom is -0.507 e. The average molecular weight is 253 g/mol. The van der Waals surface area contributed by atoms with Crippen molar-refractivity contribution in [1.29, 1.82) is 0 Å². The Kier molecular flexibility index (Phi) is 3.93. The number of fused-ring (bicyclic) bond motifs is 1. The van der Waals surface area contributed by atoms with E-state index in [4.69, 9.17) is 14.2 Å². The Balaban J connectivity index is 2.09. The summed E-state index contributed by atoms with van der Waals surface area (Å²) in [5.74, 6) is 1.52. The topological polar surface area (TPSA) is 51.2 Å². The van der Waals surface area contributed by atoms with E-state index in [-0.39, 0.29) is 18.6 Å². The SMILES string of the molecule is COCC(C)N(C)Cc1cc2c(cc1O)OCO2. The molecule has 1 heterocycles. The van der Waals surface area contributed by atoms with E-state index in [1.807, 2.05) is 13.1 Å². The lowest BCUT2D eigenvalue weighted by Gasteiger charge is -2.24. The Bertz CT molecular complexity index is 422. The summed E-state index contributed by atoms with van der Waals surface area (Å²) in [6.07, 6.45) is 0. The fraction of sp³-hybridized carbons (Fsp3) is 0.538. The zero-order valence-electron chi connectivity index (χ0n) is 11.0. The van der Waals surface area contributed by atoms with Crippen molar-refractivity contribution in [3.8, 4) is 17.2 Å². The largest absolute Gasteiger partial charge is 0.507 e. The predicted molar refractivity (Wildman–Crippen MR) is 67.0 cm³/mol. The van der Waals surface area contributed by atoms with E-state index >= 15 is 0 Å². The van der Waals surface area contributed by atoms with Crippen molar-refractivity contribution in [3.63, 3.8) is 0 Å². The molecule has 0 bridgehead atoms. The van der Waals surface area contributed by atoms with Gasteiger partial charge >= 0.3 is 0 Å². The molecule has 5 nitrogen and oxygen atoms in total. The first-order valence-electron chi connectivity index (χ1n) is 5.92. The number of rotatable bonds is 5. The van der Waals surface area contributed by atoms with Crippen LogP contribution in [-0.4, -0.2) is 43.6 Å². The molecular weight excluding hydrogens is 234 g/mol. The van der Waals surface area contributed by atoms with Crippen LogP contribution in [0.2, 0.25) is 0 Å². The van der Waals surface area contributed by atoms with Crippen molar-refractivity contribution >= 4 is 0 Å². The van der Waals surface area contributed by atoms with Gasteiger partial charge in [0.15, 0.2) is 11.5 Å². The predicted octanol–water partition coefficient (Wildman–Crippen LogP) is 1.59. The number of nitrogens with zero attached hydrogens (tertiary/aromatic N) is 1. The van der Waals surface area contributed by atoms with Gasteiger partial charge in [0.05, 0.1) is 6.61 Å². The summed E-state index contributed by atoms with van der Waals surface area (Å²) in [7, 11) is 3.68. The van der Waals surface area contributed by atoms with Gasteiger partial charge in [-0.25, -0.2) is 0 Å².